The fourth-order valence-electron chi connectivity index (χ4n) is 2.61. The van der Waals surface area contributed by atoms with Gasteiger partial charge in [0.05, 0.1) is 11.5 Å². The lowest BCUT2D eigenvalue weighted by Gasteiger charge is -2.20. The monoisotopic (exact) mass is 422 g/mol. The summed E-state index contributed by atoms with van der Waals surface area (Å²) in [5, 5.41) is 7.01. The molecule has 0 aliphatic heterocycles. The first kappa shape index (κ1) is 21.9. The number of primary amides is 1. The third-order valence-corrected chi connectivity index (χ3v) is 5.32. The molecule has 1 amide bonds. The Labute approximate surface area is 167 Å². The Balaban J connectivity index is 2.34. The van der Waals surface area contributed by atoms with Gasteiger partial charge in [-0.3, -0.25) is 29.1 Å². The van der Waals surface area contributed by atoms with Crippen molar-refractivity contribution in [3.05, 3.63) is 58.5 Å². The molecule has 0 saturated heterocycles. The molecule has 0 radical (unpaired) electrons. The van der Waals surface area contributed by atoms with Crippen molar-refractivity contribution in [3.8, 4) is 0 Å². The summed E-state index contributed by atoms with van der Waals surface area (Å²) in [6, 6.07) is 9.27. The number of amides is 1. The summed E-state index contributed by atoms with van der Waals surface area (Å²) in [5.41, 5.74) is 12.1. The minimum atomic E-state index is -3.99. The van der Waals surface area contributed by atoms with E-state index in [1.165, 1.54) is 24.3 Å². The number of anilines is 1. The van der Waals surface area contributed by atoms with Crippen LogP contribution in [0.15, 0.2) is 52.2 Å². The number of hydrogen-bond donors (Lipinski definition) is 5. The molecule has 0 fully saturated rings. The van der Waals surface area contributed by atoms with Crippen molar-refractivity contribution in [2.75, 3.05) is 11.3 Å². The molecule has 0 aliphatic carbocycles. The molecule has 1 aromatic carbocycles. The average Bonchev–Trinajstić information content (AvgIpc) is 2.66. The minimum Gasteiger partial charge on any atom is -0.368 e. The lowest BCUT2D eigenvalue weighted by molar-refractivity contribution is -0.122. The summed E-state index contributed by atoms with van der Waals surface area (Å²) >= 11 is 0. The third-order valence-electron chi connectivity index (χ3n) is 3.93. The Morgan fingerprint density at radius 1 is 1.21 bits per heavy atom. The first-order valence-corrected chi connectivity index (χ1v) is 9.93. The van der Waals surface area contributed by atoms with Crippen LogP contribution in [-0.2, 0) is 19.7 Å². The van der Waals surface area contributed by atoms with Gasteiger partial charge in [0.25, 0.3) is 15.6 Å². The van der Waals surface area contributed by atoms with Gasteiger partial charge in [0.15, 0.2) is 0 Å². The Morgan fingerprint density at radius 2 is 1.86 bits per heavy atom. The largest absolute Gasteiger partial charge is 0.368 e. The van der Waals surface area contributed by atoms with Crippen molar-refractivity contribution >= 4 is 27.6 Å². The van der Waals surface area contributed by atoms with Gasteiger partial charge in [0, 0.05) is 12.1 Å². The van der Waals surface area contributed by atoms with Crippen LogP contribution in [0.1, 0.15) is 18.2 Å². The van der Waals surface area contributed by atoms with Crippen molar-refractivity contribution in [1.82, 2.24) is 10.0 Å². The molecule has 7 N–H and O–H groups in total. The molecule has 12 heteroatoms. The maximum Gasteiger partial charge on any atom is 0.275 e. The smallest absolute Gasteiger partial charge is 0.275 e. The van der Waals surface area contributed by atoms with E-state index in [2.05, 4.69) is 10.2 Å². The second-order valence-electron chi connectivity index (χ2n) is 6.05. The van der Waals surface area contributed by atoms with Gasteiger partial charge in [0.1, 0.15) is 11.7 Å². The van der Waals surface area contributed by atoms with Crippen LogP contribution in [-0.4, -0.2) is 31.5 Å². The lowest BCUT2D eigenvalue weighted by atomic mass is 10.1. The number of nitrogens with zero attached hydrogens (tertiary/aromatic N) is 1. The number of nitrogens with one attached hydrogen (secondary N) is 3. The van der Waals surface area contributed by atoms with Crippen LogP contribution in [0.25, 0.3) is 0 Å². The van der Waals surface area contributed by atoms with E-state index in [-0.39, 0.29) is 23.6 Å². The standard InChI is InChI=1S/C17H22N6O5S/c1-11-7-8-13(22-29(26,27)12-5-3-2-4-6-12)16(25)23(11)14(15(18)24)9-10-28-21-17(19)20/h2-8,14,22H,9-10H2,1H3,(H2,18,24)(H4,19,20,21). The summed E-state index contributed by atoms with van der Waals surface area (Å²) < 4.78 is 28.4. The third kappa shape index (κ3) is 5.56. The molecule has 11 nitrogen and oxygen atoms in total. The summed E-state index contributed by atoms with van der Waals surface area (Å²) in [5.74, 6) is -1.23. The van der Waals surface area contributed by atoms with Crippen molar-refractivity contribution < 1.29 is 18.0 Å². The van der Waals surface area contributed by atoms with Crippen LogP contribution in [0.5, 0.6) is 0 Å². The minimum absolute atomic E-state index is 0.00868. The zero-order valence-electron chi connectivity index (χ0n) is 15.6. The first-order valence-electron chi connectivity index (χ1n) is 8.44. The van der Waals surface area contributed by atoms with Crippen LogP contribution in [0.3, 0.4) is 0 Å². The van der Waals surface area contributed by atoms with Crippen LogP contribution in [0.4, 0.5) is 5.69 Å². The molecule has 1 heterocycles. The molecule has 29 heavy (non-hydrogen) atoms. The number of sulfonamides is 1. The van der Waals surface area contributed by atoms with Gasteiger partial charge in [-0.15, -0.1) is 0 Å². The highest BCUT2D eigenvalue weighted by Gasteiger charge is 2.23. The quantitative estimate of drug-likeness (QED) is 0.160. The molecule has 0 bridgehead atoms. The topological polar surface area (TPSA) is 182 Å². The Hall–Kier alpha value is -3.38. The van der Waals surface area contributed by atoms with E-state index < -0.39 is 33.5 Å². The molecule has 156 valence electrons. The van der Waals surface area contributed by atoms with E-state index in [4.69, 9.17) is 21.7 Å². The highest BCUT2D eigenvalue weighted by Crippen LogP contribution is 2.17. The normalized spacial score (nSPS) is 12.2. The van der Waals surface area contributed by atoms with E-state index in [0.29, 0.717) is 5.69 Å². The Kier molecular flexibility index (Phi) is 6.96. The van der Waals surface area contributed by atoms with Crippen molar-refractivity contribution in [3.63, 3.8) is 0 Å². The fraction of sp³-hybridized carbons (Fsp3) is 0.235. The van der Waals surface area contributed by atoms with E-state index >= 15 is 0 Å². The van der Waals surface area contributed by atoms with E-state index in [1.54, 1.807) is 25.1 Å². The lowest BCUT2D eigenvalue weighted by Crippen LogP contribution is -2.38. The predicted molar refractivity (Wildman–Crippen MR) is 107 cm³/mol. The van der Waals surface area contributed by atoms with E-state index in [9.17, 15) is 18.0 Å². The summed E-state index contributed by atoms with van der Waals surface area (Å²) in [6.07, 6.45) is -0.00868. The zero-order chi connectivity index (χ0) is 21.6. The molecule has 0 aliphatic rings. The van der Waals surface area contributed by atoms with Crippen LogP contribution in [0, 0.1) is 12.3 Å². The van der Waals surface area contributed by atoms with E-state index in [1.807, 2.05) is 0 Å². The van der Waals surface area contributed by atoms with Gasteiger partial charge in [-0.25, -0.2) is 13.9 Å². The molecule has 2 rings (SSSR count). The SMILES string of the molecule is Cc1ccc(NS(=O)(=O)c2ccccc2)c(=O)n1C(CCONC(=N)N)C(N)=O. The highest BCUT2D eigenvalue weighted by atomic mass is 32.2. The molecular formula is C17H22N6O5S. The summed E-state index contributed by atoms with van der Waals surface area (Å²) in [6.45, 7) is 1.50. The highest BCUT2D eigenvalue weighted by molar-refractivity contribution is 7.92. The number of aromatic nitrogens is 1. The van der Waals surface area contributed by atoms with Gasteiger partial charge < -0.3 is 11.5 Å². The van der Waals surface area contributed by atoms with Crippen molar-refractivity contribution in [2.24, 2.45) is 11.5 Å². The van der Waals surface area contributed by atoms with Gasteiger partial charge in [0.2, 0.25) is 11.9 Å². The number of carbonyl (C=O) groups excluding carboxylic acids is 1. The van der Waals surface area contributed by atoms with Crippen LogP contribution < -0.4 is 27.2 Å². The second-order valence-corrected chi connectivity index (χ2v) is 7.74. The number of hydrogen-bond acceptors (Lipinski definition) is 6. The fourth-order valence-corrected chi connectivity index (χ4v) is 3.69. The summed E-state index contributed by atoms with van der Waals surface area (Å²) in [4.78, 5) is 29.7. The van der Waals surface area contributed by atoms with Gasteiger partial charge in [-0.2, -0.15) is 0 Å². The average molecular weight is 422 g/mol. The molecule has 1 aromatic heterocycles. The number of hydroxylamine groups is 1. The number of rotatable bonds is 9. The van der Waals surface area contributed by atoms with Gasteiger partial charge in [-0.05, 0) is 31.2 Å². The van der Waals surface area contributed by atoms with Crippen LogP contribution in [0.2, 0.25) is 0 Å². The van der Waals surface area contributed by atoms with Gasteiger partial charge in [-0.1, -0.05) is 18.2 Å². The Bertz CT molecular complexity index is 1050. The predicted octanol–water partition coefficient (Wildman–Crippen LogP) is -0.211. The van der Waals surface area contributed by atoms with Crippen molar-refractivity contribution in [1.29, 1.82) is 5.41 Å². The Morgan fingerprint density at radius 3 is 2.45 bits per heavy atom. The molecule has 0 spiro atoms. The molecule has 0 saturated carbocycles. The zero-order valence-corrected chi connectivity index (χ0v) is 16.4. The molecule has 1 atom stereocenters. The summed E-state index contributed by atoms with van der Waals surface area (Å²) in [7, 11) is -3.99. The molecule has 1 unspecified atom stereocenters. The number of pyridine rings is 1. The molecule has 2 aromatic rings. The number of benzene rings is 1. The number of guanidine groups is 1. The molecular weight excluding hydrogens is 400 g/mol. The first-order chi connectivity index (χ1) is 13.6. The maximum absolute atomic E-state index is 12.9. The van der Waals surface area contributed by atoms with Gasteiger partial charge >= 0.3 is 0 Å². The number of nitrogens with two attached hydrogens (primary N) is 2. The maximum atomic E-state index is 12.9. The van der Waals surface area contributed by atoms with Crippen LogP contribution >= 0.6 is 0 Å². The number of carbonyl (C=O) groups is 1. The second kappa shape index (κ2) is 9.21. The number of aryl methyl sites for hydroxylation is 1. The van der Waals surface area contributed by atoms with E-state index in [0.717, 1.165) is 4.57 Å². The van der Waals surface area contributed by atoms with Crippen molar-refractivity contribution in [2.45, 2.75) is 24.3 Å².